The van der Waals surface area contributed by atoms with Gasteiger partial charge in [-0.15, -0.1) is 0 Å². The minimum atomic E-state index is -0.656. The molecular weight excluding hydrogens is 341 g/mol. The molecule has 23 heavy (non-hydrogen) atoms. The number of amides is 1. The van der Waals surface area contributed by atoms with Crippen LogP contribution in [0.2, 0.25) is 10.0 Å². The molecule has 120 valence electrons. The molecule has 0 spiro atoms. The molecule has 7 heteroatoms. The highest BCUT2D eigenvalue weighted by molar-refractivity contribution is 6.36. The first kappa shape index (κ1) is 17.1. The van der Waals surface area contributed by atoms with Crippen molar-refractivity contribution < 1.29 is 18.7 Å². The van der Waals surface area contributed by atoms with Gasteiger partial charge in [-0.25, -0.2) is 4.79 Å². The average molecular weight is 354 g/mol. The van der Waals surface area contributed by atoms with Crippen molar-refractivity contribution >= 4 is 46.8 Å². The number of hydrogen-bond donors (Lipinski definition) is 1. The Labute approximate surface area is 142 Å². The van der Waals surface area contributed by atoms with Crippen LogP contribution in [0.15, 0.2) is 40.8 Å². The molecule has 0 aliphatic rings. The molecule has 5 nitrogen and oxygen atoms in total. The summed E-state index contributed by atoms with van der Waals surface area (Å²) in [7, 11) is 0. The third-order valence-electron chi connectivity index (χ3n) is 2.70. The van der Waals surface area contributed by atoms with Crippen molar-refractivity contribution in [1.82, 2.24) is 0 Å². The fourth-order valence-electron chi connectivity index (χ4n) is 1.66. The van der Waals surface area contributed by atoms with Gasteiger partial charge in [-0.1, -0.05) is 23.2 Å². The summed E-state index contributed by atoms with van der Waals surface area (Å²) in [5, 5.41) is 3.27. The molecule has 0 unspecified atom stereocenters. The number of halogens is 2. The van der Waals surface area contributed by atoms with Crippen LogP contribution in [0.3, 0.4) is 0 Å². The highest BCUT2D eigenvalue weighted by Gasteiger charge is 2.08. The minimum absolute atomic E-state index is 0.297. The van der Waals surface area contributed by atoms with Crippen LogP contribution in [-0.4, -0.2) is 18.5 Å². The fourth-order valence-corrected chi connectivity index (χ4v) is 2.11. The molecule has 1 aromatic heterocycles. The van der Waals surface area contributed by atoms with E-state index in [4.69, 9.17) is 32.4 Å². The number of carbonyl (C=O) groups excluding carboxylic acids is 2. The Balaban J connectivity index is 1.81. The first-order valence-corrected chi connectivity index (χ1v) is 7.36. The number of hydrogen-bond acceptors (Lipinski definition) is 4. The predicted molar refractivity (Wildman–Crippen MR) is 88.5 cm³/mol. The molecule has 2 aromatic rings. The van der Waals surface area contributed by atoms with Crippen LogP contribution in [0.4, 0.5) is 5.69 Å². The molecule has 0 aliphatic heterocycles. The second-order valence-corrected chi connectivity index (χ2v) is 5.41. The van der Waals surface area contributed by atoms with Crippen molar-refractivity contribution in [3.05, 3.63) is 58.0 Å². The van der Waals surface area contributed by atoms with Crippen molar-refractivity contribution in [2.75, 3.05) is 11.9 Å². The molecule has 0 atom stereocenters. The molecule has 1 N–H and O–H groups in total. The molecular formula is C16H13Cl2NO4. The maximum Gasteiger partial charge on any atom is 0.331 e. The fraction of sp³-hybridized carbons (Fsp3) is 0.125. The third kappa shape index (κ3) is 5.47. The van der Waals surface area contributed by atoms with E-state index in [2.05, 4.69) is 5.32 Å². The number of ether oxygens (including phenoxy) is 1. The van der Waals surface area contributed by atoms with Crippen LogP contribution in [0.5, 0.6) is 0 Å². The van der Waals surface area contributed by atoms with Gasteiger partial charge < -0.3 is 14.5 Å². The van der Waals surface area contributed by atoms with Crippen molar-refractivity contribution in [1.29, 1.82) is 0 Å². The highest BCUT2D eigenvalue weighted by atomic mass is 35.5. The van der Waals surface area contributed by atoms with Crippen molar-refractivity contribution in [3.63, 3.8) is 0 Å². The zero-order valence-corrected chi connectivity index (χ0v) is 13.6. The molecule has 0 saturated heterocycles. The lowest BCUT2D eigenvalue weighted by atomic mass is 10.3. The quantitative estimate of drug-likeness (QED) is 0.649. The number of benzene rings is 1. The van der Waals surface area contributed by atoms with E-state index in [1.54, 1.807) is 31.2 Å². The average Bonchev–Trinajstić information content (AvgIpc) is 2.91. The molecule has 0 saturated carbocycles. The summed E-state index contributed by atoms with van der Waals surface area (Å²) in [6, 6.07) is 8.13. The first-order valence-electron chi connectivity index (χ1n) is 6.60. The van der Waals surface area contributed by atoms with E-state index in [9.17, 15) is 9.59 Å². The van der Waals surface area contributed by atoms with Crippen LogP contribution >= 0.6 is 23.2 Å². The molecule has 0 aliphatic carbocycles. The van der Waals surface area contributed by atoms with E-state index in [1.165, 1.54) is 18.2 Å². The van der Waals surface area contributed by atoms with E-state index < -0.39 is 18.5 Å². The summed E-state index contributed by atoms with van der Waals surface area (Å²) in [5.41, 5.74) is 0.388. The van der Waals surface area contributed by atoms with Gasteiger partial charge in [0, 0.05) is 11.1 Å². The second-order valence-electron chi connectivity index (χ2n) is 4.56. The number of aryl methyl sites for hydroxylation is 1. The van der Waals surface area contributed by atoms with E-state index in [1.807, 2.05) is 0 Å². The predicted octanol–water partition coefficient (Wildman–Crippen LogP) is 4.09. The van der Waals surface area contributed by atoms with Gasteiger partial charge in [-0.3, -0.25) is 4.79 Å². The van der Waals surface area contributed by atoms with Gasteiger partial charge in [0.1, 0.15) is 11.5 Å². The van der Waals surface area contributed by atoms with Gasteiger partial charge in [0.25, 0.3) is 5.91 Å². The van der Waals surface area contributed by atoms with Crippen molar-refractivity contribution in [2.45, 2.75) is 6.92 Å². The molecule has 1 heterocycles. The zero-order chi connectivity index (χ0) is 16.8. The normalized spacial score (nSPS) is 10.7. The number of esters is 1. The molecule has 0 radical (unpaired) electrons. The number of anilines is 1. The summed E-state index contributed by atoms with van der Waals surface area (Å²) in [4.78, 5) is 23.2. The van der Waals surface area contributed by atoms with Gasteiger partial charge in [-0.05, 0) is 43.3 Å². The second kappa shape index (κ2) is 7.85. The zero-order valence-electron chi connectivity index (χ0n) is 12.1. The first-order chi connectivity index (χ1) is 10.9. The summed E-state index contributed by atoms with van der Waals surface area (Å²) >= 11 is 11.7. The summed E-state index contributed by atoms with van der Waals surface area (Å²) in [6.07, 6.45) is 2.64. The van der Waals surface area contributed by atoms with Gasteiger partial charge in [0.2, 0.25) is 0 Å². The lowest BCUT2D eigenvalue weighted by Gasteiger charge is -2.07. The van der Waals surface area contributed by atoms with E-state index in [0.717, 1.165) is 5.76 Å². The molecule has 1 aromatic carbocycles. The standard InChI is InChI=1S/C16H13Cl2NO4/c1-10-2-4-12(23-10)5-7-16(21)22-9-15(20)19-14-6-3-11(17)8-13(14)18/h2-8H,9H2,1H3,(H,19,20). The third-order valence-corrected chi connectivity index (χ3v) is 3.24. The molecule has 0 fully saturated rings. The largest absolute Gasteiger partial charge is 0.462 e. The van der Waals surface area contributed by atoms with E-state index in [-0.39, 0.29) is 0 Å². The van der Waals surface area contributed by atoms with Crippen LogP contribution in [-0.2, 0) is 14.3 Å². The minimum Gasteiger partial charge on any atom is -0.462 e. The Morgan fingerprint density at radius 1 is 1.26 bits per heavy atom. The van der Waals surface area contributed by atoms with E-state index in [0.29, 0.717) is 21.5 Å². The van der Waals surface area contributed by atoms with Gasteiger partial charge >= 0.3 is 5.97 Å². The SMILES string of the molecule is Cc1ccc(C=CC(=O)OCC(=O)Nc2ccc(Cl)cc2Cl)o1. The number of furan rings is 1. The van der Waals surface area contributed by atoms with Gasteiger partial charge in [-0.2, -0.15) is 0 Å². The molecule has 1 amide bonds. The number of nitrogens with one attached hydrogen (secondary N) is 1. The molecule has 0 bridgehead atoms. The summed E-state index contributed by atoms with van der Waals surface area (Å²) < 4.78 is 10.1. The van der Waals surface area contributed by atoms with Crippen molar-refractivity contribution in [3.8, 4) is 0 Å². The summed E-state index contributed by atoms with van der Waals surface area (Å²) in [6.45, 7) is 1.36. The van der Waals surface area contributed by atoms with Gasteiger partial charge in [0.15, 0.2) is 6.61 Å². The van der Waals surface area contributed by atoms with Crippen LogP contribution in [0.25, 0.3) is 6.08 Å². The summed E-state index contributed by atoms with van der Waals surface area (Å²) in [5.74, 6) is 0.0929. The Kier molecular flexibility index (Phi) is 5.84. The Hall–Kier alpha value is -2.24. The van der Waals surface area contributed by atoms with Gasteiger partial charge in [0.05, 0.1) is 10.7 Å². The van der Waals surface area contributed by atoms with E-state index >= 15 is 0 Å². The Morgan fingerprint density at radius 3 is 2.70 bits per heavy atom. The number of carbonyl (C=O) groups is 2. The van der Waals surface area contributed by atoms with Crippen molar-refractivity contribution in [2.24, 2.45) is 0 Å². The highest BCUT2D eigenvalue weighted by Crippen LogP contribution is 2.25. The van der Waals surface area contributed by atoms with Crippen LogP contribution in [0.1, 0.15) is 11.5 Å². The monoisotopic (exact) mass is 353 g/mol. The van der Waals surface area contributed by atoms with Crippen LogP contribution < -0.4 is 5.32 Å². The Bertz CT molecular complexity index is 752. The van der Waals surface area contributed by atoms with Crippen LogP contribution in [0, 0.1) is 6.92 Å². The number of rotatable bonds is 5. The molecule has 2 rings (SSSR count). The smallest absolute Gasteiger partial charge is 0.331 e. The lowest BCUT2D eigenvalue weighted by molar-refractivity contribution is -0.142. The maximum absolute atomic E-state index is 11.7. The topological polar surface area (TPSA) is 68.5 Å². The maximum atomic E-state index is 11.7. The Morgan fingerprint density at radius 2 is 2.04 bits per heavy atom. The lowest BCUT2D eigenvalue weighted by Crippen LogP contribution is -2.20.